The van der Waals surface area contributed by atoms with Crippen LogP contribution >= 0.6 is 0 Å². The largest absolute Gasteiger partial charge is 0.392 e. The Kier molecular flexibility index (Phi) is 1.63. The van der Waals surface area contributed by atoms with Gasteiger partial charge in [0.1, 0.15) is 6.29 Å². The number of carbonyl (C=O) groups excluding carboxylic acids is 1. The first-order valence-corrected chi connectivity index (χ1v) is 2.98. The molecule has 2 nitrogen and oxygen atoms in total. The van der Waals surface area contributed by atoms with Gasteiger partial charge in [-0.1, -0.05) is 6.42 Å². The summed E-state index contributed by atoms with van der Waals surface area (Å²) >= 11 is 0. The molecule has 0 aromatic carbocycles. The van der Waals surface area contributed by atoms with E-state index in [4.69, 9.17) is 5.11 Å². The summed E-state index contributed by atoms with van der Waals surface area (Å²) in [5.74, 6) is -0.0602. The van der Waals surface area contributed by atoms with E-state index in [0.717, 1.165) is 25.5 Å². The number of aliphatic hydroxyl groups excluding tert-OH is 1. The highest BCUT2D eigenvalue weighted by Crippen LogP contribution is 2.22. The minimum Gasteiger partial charge on any atom is -0.392 e. The zero-order valence-electron chi connectivity index (χ0n) is 4.71. The van der Waals surface area contributed by atoms with Gasteiger partial charge in [-0.3, -0.25) is 0 Å². The number of hydrogen-bond donors (Lipinski definition) is 1. The summed E-state index contributed by atoms with van der Waals surface area (Å²) in [6, 6.07) is 0. The van der Waals surface area contributed by atoms with Crippen molar-refractivity contribution in [2.75, 3.05) is 0 Å². The van der Waals surface area contributed by atoms with E-state index >= 15 is 0 Å². The monoisotopic (exact) mass is 114 g/mol. The molecule has 0 bridgehead atoms. The molecule has 8 heavy (non-hydrogen) atoms. The molecule has 1 fully saturated rings. The van der Waals surface area contributed by atoms with Crippen molar-refractivity contribution in [3.05, 3.63) is 0 Å². The highest BCUT2D eigenvalue weighted by atomic mass is 16.3. The maximum Gasteiger partial charge on any atom is 0.125 e. The Morgan fingerprint density at radius 3 is 2.50 bits per heavy atom. The second-order valence-electron chi connectivity index (χ2n) is 2.30. The summed E-state index contributed by atoms with van der Waals surface area (Å²) < 4.78 is 0. The molecular weight excluding hydrogens is 104 g/mol. The van der Waals surface area contributed by atoms with E-state index in [1.165, 1.54) is 0 Å². The highest BCUT2D eigenvalue weighted by molar-refractivity contribution is 5.54. The minimum atomic E-state index is -0.340. The number of aldehydes is 1. The predicted octanol–water partition coefficient (Wildman–Crippen LogP) is 0.346. The van der Waals surface area contributed by atoms with Crippen LogP contribution in [0.1, 0.15) is 19.3 Å². The van der Waals surface area contributed by atoms with Gasteiger partial charge in [-0.2, -0.15) is 0 Å². The molecule has 0 radical (unpaired) electrons. The minimum absolute atomic E-state index is 0.0602. The third kappa shape index (κ3) is 0.892. The first-order chi connectivity index (χ1) is 3.84. The van der Waals surface area contributed by atoms with Gasteiger partial charge in [-0.15, -0.1) is 0 Å². The lowest BCUT2D eigenvalue weighted by molar-refractivity contribution is -0.113. The SMILES string of the molecule is O=CC1CCCC1O. The van der Waals surface area contributed by atoms with Gasteiger partial charge < -0.3 is 9.90 Å². The van der Waals surface area contributed by atoms with Gasteiger partial charge in [0.05, 0.1) is 6.10 Å². The Morgan fingerprint density at radius 1 is 1.50 bits per heavy atom. The Labute approximate surface area is 48.5 Å². The molecule has 1 N–H and O–H groups in total. The Balaban J connectivity index is 2.41. The van der Waals surface area contributed by atoms with Gasteiger partial charge in [0, 0.05) is 5.92 Å². The lowest BCUT2D eigenvalue weighted by Crippen LogP contribution is -2.13. The molecular formula is C6H10O2. The topological polar surface area (TPSA) is 37.3 Å². The van der Waals surface area contributed by atoms with Gasteiger partial charge in [0.25, 0.3) is 0 Å². The standard InChI is InChI=1S/C6H10O2/c7-4-5-2-1-3-6(5)8/h4-6,8H,1-3H2. The van der Waals surface area contributed by atoms with Crippen molar-refractivity contribution >= 4 is 6.29 Å². The van der Waals surface area contributed by atoms with Gasteiger partial charge in [0.2, 0.25) is 0 Å². The van der Waals surface area contributed by atoms with Crippen LogP contribution in [0.15, 0.2) is 0 Å². The molecule has 0 amide bonds. The second-order valence-corrected chi connectivity index (χ2v) is 2.30. The van der Waals surface area contributed by atoms with Crippen molar-refractivity contribution in [3.63, 3.8) is 0 Å². The molecule has 2 heteroatoms. The quantitative estimate of drug-likeness (QED) is 0.499. The Bertz CT molecular complexity index is 90.5. The fourth-order valence-electron chi connectivity index (χ4n) is 1.13. The van der Waals surface area contributed by atoms with Crippen molar-refractivity contribution in [3.8, 4) is 0 Å². The van der Waals surface area contributed by atoms with E-state index in [1.807, 2.05) is 0 Å². The maximum absolute atomic E-state index is 10.1. The summed E-state index contributed by atoms with van der Waals surface area (Å²) in [6.45, 7) is 0. The molecule has 0 spiro atoms. The molecule has 0 aromatic heterocycles. The summed E-state index contributed by atoms with van der Waals surface area (Å²) in [5, 5.41) is 8.96. The maximum atomic E-state index is 10.1. The summed E-state index contributed by atoms with van der Waals surface area (Å²) in [6.07, 6.45) is 3.21. The van der Waals surface area contributed by atoms with Crippen LogP contribution in [0.3, 0.4) is 0 Å². The zero-order chi connectivity index (χ0) is 5.98. The third-order valence-electron chi connectivity index (χ3n) is 1.71. The molecule has 2 atom stereocenters. The number of aliphatic hydroxyl groups is 1. The van der Waals surface area contributed by atoms with Gasteiger partial charge in [0.15, 0.2) is 0 Å². The average Bonchev–Trinajstić information content (AvgIpc) is 2.14. The van der Waals surface area contributed by atoms with Gasteiger partial charge >= 0.3 is 0 Å². The van der Waals surface area contributed by atoms with E-state index in [-0.39, 0.29) is 12.0 Å². The van der Waals surface area contributed by atoms with E-state index in [1.54, 1.807) is 0 Å². The molecule has 0 heterocycles. The summed E-state index contributed by atoms with van der Waals surface area (Å²) in [4.78, 5) is 10.1. The average molecular weight is 114 g/mol. The van der Waals surface area contributed by atoms with Gasteiger partial charge in [-0.05, 0) is 12.8 Å². The van der Waals surface area contributed by atoms with Crippen molar-refractivity contribution in [1.82, 2.24) is 0 Å². The summed E-state index contributed by atoms with van der Waals surface area (Å²) in [7, 11) is 0. The molecule has 1 saturated carbocycles. The van der Waals surface area contributed by atoms with Crippen molar-refractivity contribution in [2.24, 2.45) is 5.92 Å². The molecule has 0 aliphatic heterocycles. The Hall–Kier alpha value is -0.370. The number of carbonyl (C=O) groups is 1. The smallest absolute Gasteiger partial charge is 0.125 e. The van der Waals surface area contributed by atoms with Crippen LogP contribution in [-0.4, -0.2) is 17.5 Å². The van der Waals surface area contributed by atoms with E-state index in [2.05, 4.69) is 0 Å². The molecule has 1 aliphatic rings. The van der Waals surface area contributed by atoms with Crippen LogP contribution < -0.4 is 0 Å². The van der Waals surface area contributed by atoms with E-state index < -0.39 is 0 Å². The van der Waals surface area contributed by atoms with E-state index in [9.17, 15) is 4.79 Å². The van der Waals surface area contributed by atoms with Crippen molar-refractivity contribution in [1.29, 1.82) is 0 Å². The van der Waals surface area contributed by atoms with Crippen molar-refractivity contribution in [2.45, 2.75) is 25.4 Å². The third-order valence-corrected chi connectivity index (χ3v) is 1.71. The van der Waals surface area contributed by atoms with Crippen LogP contribution in [-0.2, 0) is 4.79 Å². The molecule has 1 rings (SSSR count). The van der Waals surface area contributed by atoms with Crippen LogP contribution in [0.5, 0.6) is 0 Å². The lowest BCUT2D eigenvalue weighted by atomic mass is 10.1. The number of hydrogen-bond acceptors (Lipinski definition) is 2. The number of rotatable bonds is 1. The molecule has 2 unspecified atom stereocenters. The Morgan fingerprint density at radius 2 is 2.25 bits per heavy atom. The van der Waals surface area contributed by atoms with Crippen molar-refractivity contribution < 1.29 is 9.90 Å². The zero-order valence-corrected chi connectivity index (χ0v) is 4.71. The van der Waals surface area contributed by atoms with E-state index in [0.29, 0.717) is 0 Å². The fourth-order valence-corrected chi connectivity index (χ4v) is 1.13. The molecule has 1 aliphatic carbocycles. The van der Waals surface area contributed by atoms with Gasteiger partial charge in [-0.25, -0.2) is 0 Å². The summed E-state index contributed by atoms with van der Waals surface area (Å²) in [5.41, 5.74) is 0. The van der Waals surface area contributed by atoms with Crippen LogP contribution in [0, 0.1) is 5.92 Å². The first kappa shape index (κ1) is 5.76. The molecule has 0 aromatic rings. The second kappa shape index (κ2) is 2.27. The molecule has 46 valence electrons. The van der Waals surface area contributed by atoms with Crippen LogP contribution in [0.25, 0.3) is 0 Å². The fraction of sp³-hybridized carbons (Fsp3) is 0.833. The van der Waals surface area contributed by atoms with Crippen LogP contribution in [0.2, 0.25) is 0 Å². The predicted molar refractivity (Wildman–Crippen MR) is 29.4 cm³/mol. The molecule has 0 saturated heterocycles. The lowest BCUT2D eigenvalue weighted by Gasteiger charge is -2.02. The highest BCUT2D eigenvalue weighted by Gasteiger charge is 2.23. The first-order valence-electron chi connectivity index (χ1n) is 2.98. The van der Waals surface area contributed by atoms with Crippen LogP contribution in [0.4, 0.5) is 0 Å². The normalized spacial score (nSPS) is 37.6.